The van der Waals surface area contributed by atoms with Crippen molar-refractivity contribution in [2.45, 2.75) is 31.9 Å². The van der Waals surface area contributed by atoms with E-state index in [1.165, 1.54) is 12.0 Å². The third kappa shape index (κ3) is 1.54. The summed E-state index contributed by atoms with van der Waals surface area (Å²) in [5, 5.41) is 0. The third-order valence-corrected chi connectivity index (χ3v) is 4.67. The van der Waals surface area contributed by atoms with E-state index in [1.807, 2.05) is 0 Å². The molecule has 2 heteroatoms. The molecule has 3 atom stereocenters. The lowest BCUT2D eigenvalue weighted by molar-refractivity contribution is -0.946. The Morgan fingerprint density at radius 1 is 1.24 bits per heavy atom. The minimum atomic E-state index is 0.336. The van der Waals surface area contributed by atoms with Crippen LogP contribution in [-0.4, -0.2) is 25.9 Å². The fourth-order valence-electron chi connectivity index (χ4n) is 3.59. The Labute approximate surface area is 104 Å². The van der Waals surface area contributed by atoms with E-state index in [9.17, 15) is 0 Å². The van der Waals surface area contributed by atoms with Crippen LogP contribution < -0.4 is 4.90 Å². The second-order valence-electron chi connectivity index (χ2n) is 5.39. The predicted octanol–water partition coefficient (Wildman–Crippen LogP) is 1.23. The Bertz CT molecular complexity index is 387. The second kappa shape index (κ2) is 4.11. The maximum absolute atomic E-state index is 6.08. The lowest BCUT2D eigenvalue weighted by atomic mass is 9.92. The van der Waals surface area contributed by atoms with E-state index >= 15 is 0 Å². The molecule has 1 N–H and O–H groups in total. The van der Waals surface area contributed by atoms with Crippen LogP contribution in [0.5, 0.6) is 0 Å². The number of rotatable bonds is 4. The lowest BCUT2D eigenvalue weighted by Crippen LogP contribution is -3.16. The zero-order chi connectivity index (χ0) is 11.9. The summed E-state index contributed by atoms with van der Waals surface area (Å²) in [6.45, 7) is 7.79. The van der Waals surface area contributed by atoms with Gasteiger partial charge in [0.25, 0.3) is 0 Å². The van der Waals surface area contributed by atoms with Crippen molar-refractivity contribution in [2.75, 3.05) is 19.7 Å². The van der Waals surface area contributed by atoms with Gasteiger partial charge in [0.05, 0.1) is 25.1 Å². The molecule has 0 amide bonds. The van der Waals surface area contributed by atoms with Gasteiger partial charge >= 0.3 is 0 Å². The highest BCUT2D eigenvalue weighted by Crippen LogP contribution is 2.60. The molecule has 0 bridgehead atoms. The van der Waals surface area contributed by atoms with Crippen molar-refractivity contribution in [3.8, 4) is 0 Å². The molecule has 2 fully saturated rings. The summed E-state index contributed by atoms with van der Waals surface area (Å²) in [5.74, 6) is 0.767. The van der Waals surface area contributed by atoms with Crippen LogP contribution in [0.4, 0.5) is 0 Å². The maximum atomic E-state index is 6.08. The number of hydrogen-bond acceptors (Lipinski definition) is 1. The van der Waals surface area contributed by atoms with E-state index in [0.29, 0.717) is 11.6 Å². The van der Waals surface area contributed by atoms with Gasteiger partial charge in [-0.1, -0.05) is 30.3 Å². The molecule has 1 aliphatic carbocycles. The van der Waals surface area contributed by atoms with Gasteiger partial charge in [0, 0.05) is 5.92 Å². The molecule has 0 aromatic heterocycles. The molecular formula is C15H22NO+. The van der Waals surface area contributed by atoms with Crippen LogP contribution >= 0.6 is 0 Å². The van der Waals surface area contributed by atoms with Gasteiger partial charge in [-0.25, -0.2) is 0 Å². The van der Waals surface area contributed by atoms with E-state index in [-0.39, 0.29) is 0 Å². The number of quaternary nitrogens is 1. The van der Waals surface area contributed by atoms with Gasteiger partial charge in [0.1, 0.15) is 0 Å². The van der Waals surface area contributed by atoms with Crippen molar-refractivity contribution >= 4 is 0 Å². The first kappa shape index (κ1) is 11.2. The van der Waals surface area contributed by atoms with Crippen LogP contribution in [0.2, 0.25) is 0 Å². The molecule has 92 valence electrons. The van der Waals surface area contributed by atoms with Gasteiger partial charge in [0.2, 0.25) is 6.23 Å². The maximum Gasteiger partial charge on any atom is 0.201 e. The fourth-order valence-corrected chi connectivity index (χ4v) is 3.59. The molecule has 3 unspecified atom stereocenters. The predicted molar refractivity (Wildman–Crippen MR) is 68.0 cm³/mol. The molecule has 1 saturated heterocycles. The smallest absolute Gasteiger partial charge is 0.201 e. The Hall–Kier alpha value is -0.860. The lowest BCUT2D eigenvalue weighted by Gasteiger charge is -2.30. The van der Waals surface area contributed by atoms with E-state index in [4.69, 9.17) is 4.74 Å². The molecule has 0 spiro atoms. The Morgan fingerprint density at radius 2 is 1.94 bits per heavy atom. The van der Waals surface area contributed by atoms with E-state index < -0.39 is 0 Å². The number of nitrogens with one attached hydrogen (secondary N) is 1. The fraction of sp³-hybridized carbons (Fsp3) is 0.600. The molecule has 1 aromatic rings. The summed E-state index contributed by atoms with van der Waals surface area (Å²) in [7, 11) is 0. The standard InChI is InChI=1S/C15H21NO/c1-3-16(4-2)14-15(10-13(15)11-17-14)12-8-6-5-7-9-12/h5-9,13-14H,3-4,10-11H2,1-2H3/p+1. The van der Waals surface area contributed by atoms with Crippen molar-refractivity contribution in [1.29, 1.82) is 0 Å². The highest BCUT2D eigenvalue weighted by Gasteiger charge is 2.68. The Morgan fingerprint density at radius 3 is 2.53 bits per heavy atom. The van der Waals surface area contributed by atoms with Crippen LogP contribution in [0.1, 0.15) is 25.8 Å². The first-order valence-electron chi connectivity index (χ1n) is 6.84. The second-order valence-corrected chi connectivity index (χ2v) is 5.39. The molecule has 1 heterocycles. The molecule has 17 heavy (non-hydrogen) atoms. The molecule has 1 saturated carbocycles. The highest BCUT2D eigenvalue weighted by atomic mass is 16.5. The van der Waals surface area contributed by atoms with E-state index in [1.54, 1.807) is 4.90 Å². The van der Waals surface area contributed by atoms with Crippen LogP contribution in [0, 0.1) is 5.92 Å². The molecule has 3 rings (SSSR count). The molecule has 2 aliphatic rings. The van der Waals surface area contributed by atoms with Crippen molar-refractivity contribution in [3.05, 3.63) is 35.9 Å². The monoisotopic (exact) mass is 232 g/mol. The van der Waals surface area contributed by atoms with Gasteiger partial charge in [0.15, 0.2) is 0 Å². The van der Waals surface area contributed by atoms with Gasteiger partial charge in [-0.3, -0.25) is 0 Å². The van der Waals surface area contributed by atoms with Crippen molar-refractivity contribution in [3.63, 3.8) is 0 Å². The molecule has 1 aliphatic heterocycles. The summed E-state index contributed by atoms with van der Waals surface area (Å²) in [4.78, 5) is 1.59. The summed E-state index contributed by atoms with van der Waals surface area (Å²) in [6.07, 6.45) is 1.70. The van der Waals surface area contributed by atoms with Crippen LogP contribution in [0.3, 0.4) is 0 Å². The summed E-state index contributed by atoms with van der Waals surface area (Å²) in [6, 6.07) is 11.0. The summed E-state index contributed by atoms with van der Waals surface area (Å²) < 4.78 is 6.08. The average Bonchev–Trinajstić information content (AvgIpc) is 3.02. The SMILES string of the molecule is CC[NH+](CC)C1OCC2CC21c1ccccc1. The number of benzene rings is 1. The zero-order valence-corrected chi connectivity index (χ0v) is 10.8. The van der Waals surface area contributed by atoms with E-state index in [2.05, 4.69) is 44.2 Å². The minimum Gasteiger partial charge on any atom is -0.328 e. The Kier molecular flexibility index (Phi) is 2.72. The van der Waals surface area contributed by atoms with Gasteiger partial charge in [-0.05, 0) is 25.8 Å². The first-order valence-corrected chi connectivity index (χ1v) is 6.84. The number of likely N-dealkylation sites (N-methyl/N-ethyl adjacent to an activating group) is 1. The summed E-state index contributed by atoms with van der Waals surface area (Å²) >= 11 is 0. The topological polar surface area (TPSA) is 13.7 Å². The number of hydrogen-bond donors (Lipinski definition) is 1. The molecule has 2 nitrogen and oxygen atoms in total. The largest absolute Gasteiger partial charge is 0.328 e. The van der Waals surface area contributed by atoms with Gasteiger partial charge in [-0.2, -0.15) is 0 Å². The third-order valence-electron chi connectivity index (χ3n) is 4.67. The average molecular weight is 232 g/mol. The van der Waals surface area contributed by atoms with Crippen molar-refractivity contribution < 1.29 is 9.64 Å². The van der Waals surface area contributed by atoms with E-state index in [0.717, 1.165) is 25.6 Å². The van der Waals surface area contributed by atoms with Crippen LogP contribution in [0.25, 0.3) is 0 Å². The molecule has 0 radical (unpaired) electrons. The quantitative estimate of drug-likeness (QED) is 0.824. The van der Waals surface area contributed by atoms with Gasteiger partial charge in [-0.15, -0.1) is 0 Å². The Balaban J connectivity index is 1.92. The van der Waals surface area contributed by atoms with Crippen molar-refractivity contribution in [2.24, 2.45) is 5.92 Å². The normalized spacial score (nSPS) is 35.0. The minimum absolute atomic E-state index is 0.336. The molecular weight excluding hydrogens is 210 g/mol. The van der Waals surface area contributed by atoms with Crippen LogP contribution in [-0.2, 0) is 10.2 Å². The first-order chi connectivity index (χ1) is 8.32. The number of fused-ring (bicyclic) bond motifs is 1. The van der Waals surface area contributed by atoms with Gasteiger partial charge < -0.3 is 9.64 Å². The zero-order valence-electron chi connectivity index (χ0n) is 10.8. The van der Waals surface area contributed by atoms with Crippen molar-refractivity contribution in [1.82, 2.24) is 0 Å². The molecule has 1 aromatic carbocycles. The van der Waals surface area contributed by atoms with Crippen LogP contribution in [0.15, 0.2) is 30.3 Å². The number of ether oxygens (including phenoxy) is 1. The highest BCUT2D eigenvalue weighted by molar-refractivity contribution is 5.36. The summed E-state index contributed by atoms with van der Waals surface area (Å²) in [5.41, 5.74) is 1.83.